The third-order valence-electron chi connectivity index (χ3n) is 6.05. The molecule has 0 fully saturated rings. The number of likely N-dealkylation sites (N-methyl/N-ethyl adjacent to an activating group) is 1. The Kier molecular flexibility index (Phi) is 9.25. The zero-order chi connectivity index (χ0) is 25.4. The van der Waals surface area contributed by atoms with Crippen molar-refractivity contribution in [1.29, 1.82) is 0 Å². The van der Waals surface area contributed by atoms with Gasteiger partial charge in [0.15, 0.2) is 0 Å². The molecule has 0 radical (unpaired) electrons. The van der Waals surface area contributed by atoms with Crippen LogP contribution in [0, 0.1) is 0 Å². The van der Waals surface area contributed by atoms with Crippen molar-refractivity contribution in [1.82, 2.24) is 10.2 Å². The van der Waals surface area contributed by atoms with Crippen molar-refractivity contribution in [3.63, 3.8) is 0 Å². The molecule has 0 aromatic heterocycles. The predicted molar refractivity (Wildman–Crippen MR) is 132 cm³/mol. The molecule has 8 nitrogen and oxygen atoms in total. The number of carbonyl (C=O) groups excluding carboxylic acids is 2. The molecule has 35 heavy (non-hydrogen) atoms. The van der Waals surface area contributed by atoms with Crippen molar-refractivity contribution in [3.8, 4) is 11.1 Å². The summed E-state index contributed by atoms with van der Waals surface area (Å²) in [4.78, 5) is 38.2. The number of hydrogen-bond donors (Lipinski definition) is 2. The molecule has 0 saturated heterocycles. The van der Waals surface area contributed by atoms with Gasteiger partial charge >= 0.3 is 12.1 Å². The molecule has 0 saturated carbocycles. The minimum absolute atomic E-state index is 0.0226. The molecule has 0 spiro atoms. The standard InChI is InChI=1S/C27H34N2O6/c1-18(2)34-16-8-15-29(3)26(32)24(13-14-25(30)31)28-27(33)35-17-23-21-11-6-4-9-19(21)20-10-5-7-12-22(20)23/h4-7,9-12,18,23-24H,8,13-17H2,1-3H3,(H,28,33)(H,30,31). The molecule has 1 atom stereocenters. The molecule has 3 rings (SSSR count). The number of amides is 2. The number of ether oxygens (including phenoxy) is 2. The second-order valence-corrected chi connectivity index (χ2v) is 8.99. The number of aliphatic carboxylic acids is 1. The number of nitrogens with zero attached hydrogens (tertiary/aromatic N) is 1. The number of rotatable bonds is 12. The van der Waals surface area contributed by atoms with Gasteiger partial charge in [-0.3, -0.25) is 9.59 Å². The zero-order valence-corrected chi connectivity index (χ0v) is 20.5. The highest BCUT2D eigenvalue weighted by Gasteiger charge is 2.30. The number of hydrogen-bond acceptors (Lipinski definition) is 5. The molecular weight excluding hydrogens is 448 g/mol. The van der Waals surface area contributed by atoms with Crippen molar-refractivity contribution in [2.75, 3.05) is 26.8 Å². The van der Waals surface area contributed by atoms with Crippen molar-refractivity contribution >= 4 is 18.0 Å². The van der Waals surface area contributed by atoms with E-state index in [4.69, 9.17) is 14.6 Å². The maximum atomic E-state index is 12.9. The number of carbonyl (C=O) groups is 3. The van der Waals surface area contributed by atoms with Crippen LogP contribution in [0.1, 0.15) is 50.2 Å². The minimum Gasteiger partial charge on any atom is -0.481 e. The summed E-state index contributed by atoms with van der Waals surface area (Å²) in [5, 5.41) is 11.7. The Balaban J connectivity index is 1.60. The highest BCUT2D eigenvalue weighted by molar-refractivity contribution is 5.86. The van der Waals surface area contributed by atoms with E-state index in [1.807, 2.05) is 50.2 Å². The van der Waals surface area contributed by atoms with E-state index in [9.17, 15) is 14.4 Å². The van der Waals surface area contributed by atoms with E-state index in [1.54, 1.807) is 7.05 Å². The molecule has 0 aliphatic heterocycles. The summed E-state index contributed by atoms with van der Waals surface area (Å²) >= 11 is 0. The van der Waals surface area contributed by atoms with Crippen LogP contribution in [0.5, 0.6) is 0 Å². The molecule has 1 unspecified atom stereocenters. The predicted octanol–water partition coefficient (Wildman–Crippen LogP) is 4.03. The van der Waals surface area contributed by atoms with Gasteiger partial charge in [0.2, 0.25) is 5.91 Å². The lowest BCUT2D eigenvalue weighted by Gasteiger charge is -2.24. The lowest BCUT2D eigenvalue weighted by Crippen LogP contribution is -2.48. The van der Waals surface area contributed by atoms with Crippen LogP contribution in [0.25, 0.3) is 11.1 Å². The summed E-state index contributed by atoms with van der Waals surface area (Å²) in [6.45, 7) is 4.93. The van der Waals surface area contributed by atoms with Gasteiger partial charge in [0.25, 0.3) is 0 Å². The molecule has 2 N–H and O–H groups in total. The molecule has 2 amide bonds. The fraction of sp³-hybridized carbons (Fsp3) is 0.444. The van der Waals surface area contributed by atoms with Gasteiger partial charge in [-0.2, -0.15) is 0 Å². The van der Waals surface area contributed by atoms with Crippen LogP contribution in [-0.4, -0.2) is 66.9 Å². The Hall–Kier alpha value is -3.39. The lowest BCUT2D eigenvalue weighted by molar-refractivity contribution is -0.137. The normalized spacial score (nSPS) is 13.1. The maximum Gasteiger partial charge on any atom is 0.407 e. The number of alkyl carbamates (subject to hydrolysis) is 1. The SMILES string of the molecule is CC(C)OCCCN(C)C(=O)C(CCC(=O)O)NC(=O)OCC1c2ccccc2-c2ccccc21. The van der Waals surface area contributed by atoms with Crippen LogP contribution in [0.4, 0.5) is 4.79 Å². The number of carboxylic acids is 1. The first-order valence-electron chi connectivity index (χ1n) is 12.0. The van der Waals surface area contributed by atoms with E-state index in [0.717, 1.165) is 22.3 Å². The first kappa shape index (κ1) is 26.2. The fourth-order valence-corrected chi connectivity index (χ4v) is 4.30. The minimum atomic E-state index is -1.04. The number of fused-ring (bicyclic) bond motifs is 3. The van der Waals surface area contributed by atoms with Gasteiger partial charge in [0.1, 0.15) is 12.6 Å². The first-order valence-corrected chi connectivity index (χ1v) is 12.0. The molecule has 0 heterocycles. The summed E-state index contributed by atoms with van der Waals surface area (Å²) in [7, 11) is 1.63. The second kappa shape index (κ2) is 12.4. The van der Waals surface area contributed by atoms with Crippen molar-refractivity contribution in [2.45, 2.75) is 51.2 Å². The summed E-state index contributed by atoms with van der Waals surface area (Å²) < 4.78 is 11.0. The molecule has 1 aliphatic rings. The third kappa shape index (κ3) is 7.05. The summed E-state index contributed by atoms with van der Waals surface area (Å²) in [5.74, 6) is -1.50. The fourth-order valence-electron chi connectivity index (χ4n) is 4.30. The van der Waals surface area contributed by atoms with Gasteiger partial charge < -0.3 is 24.8 Å². The maximum absolute atomic E-state index is 12.9. The largest absolute Gasteiger partial charge is 0.481 e. The molecule has 1 aliphatic carbocycles. The van der Waals surface area contributed by atoms with Crippen molar-refractivity contribution < 1.29 is 29.0 Å². The van der Waals surface area contributed by atoms with Crippen LogP contribution in [0.15, 0.2) is 48.5 Å². The Labute approximate surface area is 206 Å². The number of benzene rings is 2. The highest BCUT2D eigenvalue weighted by atomic mass is 16.5. The molecule has 188 valence electrons. The van der Waals surface area contributed by atoms with E-state index < -0.39 is 18.1 Å². The average molecular weight is 483 g/mol. The van der Waals surface area contributed by atoms with Gasteiger partial charge in [0.05, 0.1) is 6.10 Å². The van der Waals surface area contributed by atoms with E-state index >= 15 is 0 Å². The Bertz CT molecular complexity index is 992. The van der Waals surface area contributed by atoms with E-state index in [0.29, 0.717) is 19.6 Å². The van der Waals surface area contributed by atoms with Gasteiger partial charge in [-0.25, -0.2) is 4.79 Å². The van der Waals surface area contributed by atoms with E-state index in [1.165, 1.54) is 4.90 Å². The van der Waals surface area contributed by atoms with Crippen LogP contribution in [0.3, 0.4) is 0 Å². The molecule has 2 aromatic rings. The average Bonchev–Trinajstić information content (AvgIpc) is 3.16. The van der Waals surface area contributed by atoms with Gasteiger partial charge in [-0.05, 0) is 48.9 Å². The molecule has 8 heteroatoms. The zero-order valence-electron chi connectivity index (χ0n) is 20.5. The van der Waals surface area contributed by atoms with Gasteiger partial charge in [-0.15, -0.1) is 0 Å². The van der Waals surface area contributed by atoms with Crippen LogP contribution in [-0.2, 0) is 19.1 Å². The molecule has 0 bridgehead atoms. The third-order valence-corrected chi connectivity index (χ3v) is 6.05. The Morgan fingerprint density at radius 1 is 1.03 bits per heavy atom. The Morgan fingerprint density at radius 3 is 2.20 bits per heavy atom. The summed E-state index contributed by atoms with van der Waals surface area (Å²) in [5.41, 5.74) is 4.41. The topological polar surface area (TPSA) is 105 Å². The molecule has 2 aromatic carbocycles. The molecular formula is C27H34N2O6. The monoisotopic (exact) mass is 482 g/mol. The van der Waals surface area contributed by atoms with Crippen LogP contribution < -0.4 is 5.32 Å². The van der Waals surface area contributed by atoms with Gasteiger partial charge in [0, 0.05) is 32.5 Å². The number of nitrogens with one attached hydrogen (secondary N) is 1. The van der Waals surface area contributed by atoms with E-state index in [-0.39, 0.29) is 37.4 Å². The number of carboxylic acid groups (broad SMARTS) is 1. The quantitative estimate of drug-likeness (QED) is 0.443. The highest BCUT2D eigenvalue weighted by Crippen LogP contribution is 2.44. The summed E-state index contributed by atoms with van der Waals surface area (Å²) in [6, 6.07) is 15.1. The van der Waals surface area contributed by atoms with Crippen LogP contribution in [0.2, 0.25) is 0 Å². The van der Waals surface area contributed by atoms with Gasteiger partial charge in [-0.1, -0.05) is 48.5 Å². The second-order valence-electron chi connectivity index (χ2n) is 8.99. The lowest BCUT2D eigenvalue weighted by atomic mass is 9.98. The van der Waals surface area contributed by atoms with E-state index in [2.05, 4.69) is 17.4 Å². The van der Waals surface area contributed by atoms with Crippen molar-refractivity contribution in [3.05, 3.63) is 59.7 Å². The smallest absolute Gasteiger partial charge is 0.407 e. The first-order chi connectivity index (χ1) is 16.8. The van der Waals surface area contributed by atoms with Crippen LogP contribution >= 0.6 is 0 Å². The Morgan fingerprint density at radius 2 is 1.63 bits per heavy atom. The van der Waals surface area contributed by atoms with Crippen molar-refractivity contribution in [2.24, 2.45) is 0 Å². The summed E-state index contributed by atoms with van der Waals surface area (Å²) in [6.07, 6.45) is -0.270.